The van der Waals surface area contributed by atoms with E-state index in [1.807, 2.05) is 65.0 Å². The Labute approximate surface area is 216 Å². The molecule has 0 radical (unpaired) electrons. The van der Waals surface area contributed by atoms with Crippen molar-refractivity contribution in [3.63, 3.8) is 0 Å². The molecule has 0 N–H and O–H groups in total. The molecule has 0 amide bonds. The van der Waals surface area contributed by atoms with Gasteiger partial charge in [-0.1, -0.05) is 84.0 Å². The zero-order chi connectivity index (χ0) is 24.9. The molecule has 0 aliphatic heterocycles. The van der Waals surface area contributed by atoms with E-state index in [-0.39, 0.29) is 11.9 Å². The second kappa shape index (κ2) is 11.6. The van der Waals surface area contributed by atoms with Gasteiger partial charge in [-0.3, -0.25) is 0 Å². The lowest BCUT2D eigenvalue weighted by atomic mass is 10.0. The molecule has 0 fully saturated rings. The molecule has 1 aromatic carbocycles. The van der Waals surface area contributed by atoms with Crippen LogP contribution in [0.2, 0.25) is 5.02 Å². The van der Waals surface area contributed by atoms with Crippen LogP contribution in [0.4, 0.5) is 0 Å². The van der Waals surface area contributed by atoms with E-state index in [0.717, 1.165) is 31.2 Å². The van der Waals surface area contributed by atoms with Crippen molar-refractivity contribution in [2.24, 2.45) is 0 Å². The van der Waals surface area contributed by atoms with Gasteiger partial charge in [0.2, 0.25) is 0 Å². The van der Waals surface area contributed by atoms with Gasteiger partial charge in [-0.05, 0) is 64.3 Å². The number of halogens is 2. The third-order valence-corrected chi connectivity index (χ3v) is 6.58. The average molecular weight is 551 g/mol. The molecule has 1 heterocycles. The standard InChI is InChI=1S/C27H33BrClNO2S/c1-9-11-19(12-10-2)16-30-18(5)24(26(31)32-27(6,7)8)23(17(3)4)25(30)33-22-14-20(28)13-21(29)15-22/h9-15,17H,1,16H2,2-8H3/b12-10-,19-11+. The van der Waals surface area contributed by atoms with Gasteiger partial charge in [0, 0.05) is 32.2 Å². The highest BCUT2D eigenvalue weighted by molar-refractivity contribution is 9.10. The summed E-state index contributed by atoms with van der Waals surface area (Å²) in [6.45, 7) is 18.3. The zero-order valence-electron chi connectivity index (χ0n) is 20.5. The van der Waals surface area contributed by atoms with Crippen LogP contribution in [-0.4, -0.2) is 16.1 Å². The zero-order valence-corrected chi connectivity index (χ0v) is 23.6. The lowest BCUT2D eigenvalue weighted by molar-refractivity contribution is 0.00670. The molecule has 0 saturated carbocycles. The number of aromatic nitrogens is 1. The second-order valence-corrected chi connectivity index (χ2v) is 11.5. The van der Waals surface area contributed by atoms with Crippen molar-refractivity contribution < 1.29 is 9.53 Å². The van der Waals surface area contributed by atoms with Crippen LogP contribution < -0.4 is 0 Å². The molecular formula is C27H33BrClNO2S. The molecule has 2 aromatic rings. The average Bonchev–Trinajstić information content (AvgIpc) is 2.92. The predicted molar refractivity (Wildman–Crippen MR) is 145 cm³/mol. The summed E-state index contributed by atoms with van der Waals surface area (Å²) in [5, 5.41) is 1.67. The van der Waals surface area contributed by atoms with E-state index in [0.29, 0.717) is 17.1 Å². The van der Waals surface area contributed by atoms with Gasteiger partial charge in [-0.25, -0.2) is 4.79 Å². The lowest BCUT2D eigenvalue weighted by Gasteiger charge is -2.20. The van der Waals surface area contributed by atoms with Gasteiger partial charge >= 0.3 is 5.97 Å². The minimum atomic E-state index is -0.580. The van der Waals surface area contributed by atoms with Crippen LogP contribution in [0.3, 0.4) is 0 Å². The molecule has 0 aliphatic rings. The van der Waals surface area contributed by atoms with Gasteiger partial charge in [0.1, 0.15) is 5.60 Å². The number of rotatable bonds is 8. The Bertz CT molecular complexity index is 1070. The second-order valence-electron chi connectivity index (χ2n) is 9.11. The van der Waals surface area contributed by atoms with Crippen LogP contribution in [0.15, 0.2) is 69.0 Å². The van der Waals surface area contributed by atoms with Crippen molar-refractivity contribution in [1.29, 1.82) is 0 Å². The lowest BCUT2D eigenvalue weighted by Crippen LogP contribution is -2.25. The van der Waals surface area contributed by atoms with Crippen molar-refractivity contribution in [3.8, 4) is 0 Å². The van der Waals surface area contributed by atoms with Crippen molar-refractivity contribution in [1.82, 2.24) is 4.57 Å². The summed E-state index contributed by atoms with van der Waals surface area (Å²) < 4.78 is 8.92. The van der Waals surface area contributed by atoms with Crippen molar-refractivity contribution >= 4 is 45.3 Å². The van der Waals surface area contributed by atoms with Gasteiger partial charge in [0.25, 0.3) is 0 Å². The minimum absolute atomic E-state index is 0.117. The monoisotopic (exact) mass is 549 g/mol. The number of ether oxygens (including phenoxy) is 1. The number of carbonyl (C=O) groups excluding carboxylic acids is 1. The maximum absolute atomic E-state index is 13.4. The Balaban J connectivity index is 2.78. The molecule has 0 bridgehead atoms. The maximum atomic E-state index is 13.4. The Hall–Kier alpha value is -1.69. The maximum Gasteiger partial charge on any atom is 0.340 e. The van der Waals surface area contributed by atoms with E-state index in [9.17, 15) is 4.79 Å². The molecule has 0 atom stereocenters. The third kappa shape index (κ3) is 7.40. The van der Waals surface area contributed by atoms with Crippen LogP contribution in [0.25, 0.3) is 0 Å². The summed E-state index contributed by atoms with van der Waals surface area (Å²) in [7, 11) is 0. The van der Waals surface area contributed by atoms with Crippen LogP contribution in [0, 0.1) is 6.92 Å². The largest absolute Gasteiger partial charge is 0.456 e. The topological polar surface area (TPSA) is 31.2 Å². The smallest absolute Gasteiger partial charge is 0.340 e. The Morgan fingerprint density at radius 2 is 1.97 bits per heavy atom. The van der Waals surface area contributed by atoms with Gasteiger partial charge in [-0.15, -0.1) is 0 Å². The number of allylic oxidation sites excluding steroid dienone is 5. The number of nitrogens with zero attached hydrogens (tertiary/aromatic N) is 1. The van der Waals surface area contributed by atoms with Crippen molar-refractivity contribution in [2.75, 3.05) is 0 Å². The van der Waals surface area contributed by atoms with Crippen LogP contribution in [0.1, 0.15) is 69.1 Å². The molecular weight excluding hydrogens is 518 g/mol. The molecule has 0 spiro atoms. The van der Waals surface area contributed by atoms with Gasteiger partial charge in [-0.2, -0.15) is 0 Å². The fraction of sp³-hybridized carbons (Fsp3) is 0.370. The normalized spacial score (nSPS) is 12.6. The Kier molecular flexibility index (Phi) is 9.71. The molecule has 6 heteroatoms. The summed E-state index contributed by atoms with van der Waals surface area (Å²) in [5.74, 6) is -0.178. The van der Waals surface area contributed by atoms with Crippen molar-refractivity contribution in [2.45, 2.75) is 76.5 Å². The molecule has 0 saturated heterocycles. The molecule has 33 heavy (non-hydrogen) atoms. The Morgan fingerprint density at radius 3 is 2.48 bits per heavy atom. The van der Waals surface area contributed by atoms with E-state index in [1.165, 1.54) is 0 Å². The molecule has 0 aliphatic carbocycles. The first-order chi connectivity index (χ1) is 15.4. The molecule has 1 aromatic heterocycles. The highest BCUT2D eigenvalue weighted by atomic mass is 79.9. The highest BCUT2D eigenvalue weighted by Crippen LogP contribution is 2.42. The van der Waals surface area contributed by atoms with E-state index in [2.05, 4.69) is 47.0 Å². The summed E-state index contributed by atoms with van der Waals surface area (Å²) in [6, 6.07) is 5.84. The number of carbonyl (C=O) groups is 1. The molecule has 3 nitrogen and oxygen atoms in total. The minimum Gasteiger partial charge on any atom is -0.456 e. The highest BCUT2D eigenvalue weighted by Gasteiger charge is 2.30. The first-order valence-corrected chi connectivity index (χ1v) is 12.9. The summed E-state index contributed by atoms with van der Waals surface area (Å²) in [4.78, 5) is 14.3. The summed E-state index contributed by atoms with van der Waals surface area (Å²) >= 11 is 11.5. The number of hydrogen-bond donors (Lipinski definition) is 0. The fourth-order valence-electron chi connectivity index (χ4n) is 3.57. The van der Waals surface area contributed by atoms with Gasteiger partial charge in [0.15, 0.2) is 0 Å². The van der Waals surface area contributed by atoms with Gasteiger partial charge in [0.05, 0.1) is 10.6 Å². The molecule has 0 unspecified atom stereocenters. The first-order valence-electron chi connectivity index (χ1n) is 10.9. The van der Waals surface area contributed by atoms with E-state index >= 15 is 0 Å². The van der Waals surface area contributed by atoms with Crippen LogP contribution in [0.5, 0.6) is 0 Å². The number of esters is 1. The van der Waals surface area contributed by atoms with E-state index in [4.69, 9.17) is 16.3 Å². The van der Waals surface area contributed by atoms with E-state index in [1.54, 1.807) is 17.8 Å². The first kappa shape index (κ1) is 27.6. The number of benzene rings is 1. The Morgan fingerprint density at radius 1 is 1.30 bits per heavy atom. The summed E-state index contributed by atoms with van der Waals surface area (Å²) in [5.41, 5.74) is 3.02. The fourth-order valence-corrected chi connectivity index (χ4v) is 6.00. The number of hydrogen-bond acceptors (Lipinski definition) is 3. The SMILES string of the molecule is C=C/C=C(\C=C/C)Cn1c(C)c(C(=O)OC(C)(C)C)c(C(C)C)c1Sc1cc(Cl)cc(Br)c1. The van der Waals surface area contributed by atoms with Gasteiger partial charge < -0.3 is 9.30 Å². The summed E-state index contributed by atoms with van der Waals surface area (Å²) in [6.07, 6.45) is 7.85. The quantitative estimate of drug-likeness (QED) is 0.242. The van der Waals surface area contributed by atoms with Crippen LogP contribution in [-0.2, 0) is 11.3 Å². The third-order valence-electron chi connectivity index (χ3n) is 4.80. The van der Waals surface area contributed by atoms with E-state index < -0.39 is 5.60 Å². The molecule has 178 valence electrons. The van der Waals surface area contributed by atoms with Crippen LogP contribution >= 0.6 is 39.3 Å². The van der Waals surface area contributed by atoms with Crippen molar-refractivity contribution in [3.05, 3.63) is 81.0 Å². The predicted octanol–water partition coefficient (Wildman–Crippen LogP) is 9.13. The molecule has 2 rings (SSSR count).